The molecule has 0 bridgehead atoms. The molecule has 1 fully saturated rings. The van der Waals surface area contributed by atoms with Gasteiger partial charge in [0.25, 0.3) is 5.56 Å². The summed E-state index contributed by atoms with van der Waals surface area (Å²) in [6.07, 6.45) is 5.09. The van der Waals surface area contributed by atoms with Crippen molar-refractivity contribution in [3.63, 3.8) is 0 Å². The van der Waals surface area contributed by atoms with E-state index in [1.54, 1.807) is 18.3 Å². The summed E-state index contributed by atoms with van der Waals surface area (Å²) in [4.78, 5) is 29.2. The molecule has 3 heterocycles. The van der Waals surface area contributed by atoms with Crippen LogP contribution in [0.1, 0.15) is 37.7 Å². The molecule has 0 spiro atoms. The summed E-state index contributed by atoms with van der Waals surface area (Å²) in [5, 5.41) is 13.4. The number of aromatic amines is 2. The molecule has 10 heteroatoms. The molecule has 3 aromatic rings. The summed E-state index contributed by atoms with van der Waals surface area (Å²) in [6.45, 7) is 1.56. The second kappa shape index (κ2) is 8.81. The molecule has 31 heavy (non-hydrogen) atoms. The van der Waals surface area contributed by atoms with E-state index >= 15 is 0 Å². The molecular weight excluding hydrogens is 420 g/mol. The minimum Gasteiger partial charge on any atom is -0.481 e. The van der Waals surface area contributed by atoms with Crippen LogP contribution in [0.5, 0.6) is 0 Å². The van der Waals surface area contributed by atoms with E-state index in [1.165, 1.54) is 6.07 Å². The number of aromatic nitrogens is 2. The molecule has 166 valence electrons. The first-order valence-corrected chi connectivity index (χ1v) is 11.9. The van der Waals surface area contributed by atoms with E-state index in [0.29, 0.717) is 41.1 Å². The monoisotopic (exact) mass is 446 g/mol. The highest BCUT2D eigenvalue weighted by Gasteiger charge is 2.23. The van der Waals surface area contributed by atoms with Gasteiger partial charge in [0.05, 0.1) is 4.90 Å². The molecule has 1 saturated heterocycles. The van der Waals surface area contributed by atoms with Crippen LogP contribution < -0.4 is 15.6 Å². The summed E-state index contributed by atoms with van der Waals surface area (Å²) >= 11 is 0. The van der Waals surface area contributed by atoms with Crippen LogP contribution in [0, 0.1) is 0 Å². The first kappa shape index (κ1) is 21.5. The fourth-order valence-corrected chi connectivity index (χ4v) is 5.49. The number of aryl methyl sites for hydroxylation is 1. The maximum atomic E-state index is 13.0. The quantitative estimate of drug-likeness (QED) is 0.334. The number of aliphatic carboxylic acids is 1. The molecule has 4 rings (SSSR count). The zero-order valence-electron chi connectivity index (χ0n) is 17.0. The molecule has 0 radical (unpaired) electrons. The largest absolute Gasteiger partial charge is 0.481 e. The highest BCUT2D eigenvalue weighted by molar-refractivity contribution is 7.89. The number of rotatable bonds is 8. The van der Waals surface area contributed by atoms with Crippen LogP contribution in [-0.2, 0) is 21.2 Å². The Morgan fingerprint density at radius 1 is 1.19 bits per heavy atom. The van der Waals surface area contributed by atoms with Gasteiger partial charge in [-0.15, -0.1) is 0 Å². The number of carboxylic acid groups (broad SMARTS) is 1. The summed E-state index contributed by atoms with van der Waals surface area (Å²) in [7, 11) is -3.70. The lowest BCUT2D eigenvalue weighted by atomic mass is 10.0. The molecule has 0 unspecified atom stereocenters. The van der Waals surface area contributed by atoms with Crippen LogP contribution in [0.15, 0.2) is 34.1 Å². The zero-order valence-corrected chi connectivity index (χ0v) is 17.8. The van der Waals surface area contributed by atoms with E-state index in [4.69, 9.17) is 5.11 Å². The Morgan fingerprint density at radius 3 is 2.71 bits per heavy atom. The Morgan fingerprint density at radius 2 is 1.97 bits per heavy atom. The Balaban J connectivity index is 1.70. The van der Waals surface area contributed by atoms with Crippen molar-refractivity contribution in [1.29, 1.82) is 0 Å². The summed E-state index contributed by atoms with van der Waals surface area (Å²) in [6, 6.07) is 4.63. The summed E-state index contributed by atoms with van der Waals surface area (Å²) in [5.74, 6) is -0.836. The second-order valence-corrected chi connectivity index (χ2v) is 9.69. The number of hydrogen-bond acceptors (Lipinski definition) is 5. The van der Waals surface area contributed by atoms with Gasteiger partial charge in [-0.3, -0.25) is 9.59 Å². The van der Waals surface area contributed by atoms with E-state index in [9.17, 15) is 18.0 Å². The molecular formula is C21H26N4O5S. The molecule has 0 atom stereocenters. The molecule has 5 N–H and O–H groups in total. The first-order chi connectivity index (χ1) is 14.8. The fourth-order valence-electron chi connectivity index (χ4n) is 4.16. The van der Waals surface area contributed by atoms with Crippen LogP contribution in [0.4, 0.5) is 0 Å². The lowest BCUT2D eigenvalue weighted by molar-refractivity contribution is -0.137. The third-order valence-corrected chi connectivity index (χ3v) is 7.27. The Labute approximate surface area is 179 Å². The van der Waals surface area contributed by atoms with Crippen molar-refractivity contribution >= 4 is 37.8 Å². The summed E-state index contributed by atoms with van der Waals surface area (Å²) < 4.78 is 28.7. The predicted octanol–water partition coefficient (Wildman–Crippen LogP) is 1.84. The smallest absolute Gasteiger partial charge is 0.303 e. The highest BCUT2D eigenvalue weighted by Crippen LogP contribution is 2.28. The lowest BCUT2D eigenvalue weighted by Gasteiger charge is -2.23. The average Bonchev–Trinajstić information content (AvgIpc) is 3.16. The van der Waals surface area contributed by atoms with Gasteiger partial charge >= 0.3 is 5.97 Å². The topological polar surface area (TPSA) is 144 Å². The van der Waals surface area contributed by atoms with Gasteiger partial charge in [-0.05, 0) is 69.0 Å². The van der Waals surface area contributed by atoms with Gasteiger partial charge in [0, 0.05) is 34.9 Å². The normalized spacial score (nSPS) is 15.6. The first-order valence-electron chi connectivity index (χ1n) is 10.5. The number of carboxylic acids is 1. The Kier molecular flexibility index (Phi) is 6.12. The lowest BCUT2D eigenvalue weighted by Crippen LogP contribution is -2.42. The number of unbranched alkanes of at least 4 members (excludes halogenated alkanes) is 1. The molecule has 0 amide bonds. The number of pyridine rings is 1. The van der Waals surface area contributed by atoms with Crippen LogP contribution in [0.2, 0.25) is 0 Å². The minimum absolute atomic E-state index is 0.0917. The van der Waals surface area contributed by atoms with Crippen molar-refractivity contribution in [3.05, 3.63) is 40.3 Å². The van der Waals surface area contributed by atoms with Crippen molar-refractivity contribution < 1.29 is 18.3 Å². The number of carbonyl (C=O) groups is 1. The van der Waals surface area contributed by atoms with Crippen molar-refractivity contribution in [2.45, 2.75) is 49.5 Å². The van der Waals surface area contributed by atoms with E-state index < -0.39 is 16.0 Å². The Hall–Kier alpha value is -2.69. The zero-order chi connectivity index (χ0) is 22.0. The van der Waals surface area contributed by atoms with Crippen LogP contribution in [-0.4, -0.2) is 48.6 Å². The SMILES string of the molecule is O=C(O)CCCCc1c[nH]c2c(=O)[nH]c3ccc(S(=O)(=O)NC4CCNCC4)cc3c12. The standard InChI is InChI=1S/C21H26N4O5S/c26-18(27)4-2-1-3-13-12-23-20-19(13)16-11-15(5-6-17(16)24-21(20)28)31(29,30)25-14-7-9-22-10-8-14/h5-6,11-12,14,22-23,25H,1-4,7-10H2,(H,24,28)(H,26,27). The number of piperidine rings is 1. The third-order valence-electron chi connectivity index (χ3n) is 5.76. The van der Waals surface area contributed by atoms with E-state index in [0.717, 1.165) is 31.5 Å². The van der Waals surface area contributed by atoms with E-state index in [1.807, 2.05) is 0 Å². The van der Waals surface area contributed by atoms with Gasteiger partial charge < -0.3 is 20.4 Å². The van der Waals surface area contributed by atoms with Gasteiger partial charge in [-0.2, -0.15) is 0 Å². The minimum atomic E-state index is -3.70. The fraction of sp³-hybridized carbons (Fsp3) is 0.429. The third kappa shape index (κ3) is 4.65. The molecule has 1 aliphatic heterocycles. The van der Waals surface area contributed by atoms with Gasteiger partial charge in [-0.25, -0.2) is 13.1 Å². The number of benzene rings is 1. The van der Waals surface area contributed by atoms with E-state index in [2.05, 4.69) is 20.0 Å². The van der Waals surface area contributed by atoms with Crippen molar-refractivity contribution in [2.24, 2.45) is 0 Å². The number of nitrogens with one attached hydrogen (secondary N) is 4. The number of H-pyrrole nitrogens is 2. The van der Waals surface area contributed by atoms with Gasteiger partial charge in [0.15, 0.2) is 0 Å². The summed E-state index contributed by atoms with van der Waals surface area (Å²) in [5.41, 5.74) is 1.55. The maximum absolute atomic E-state index is 13.0. The van der Waals surface area contributed by atoms with Gasteiger partial charge in [-0.1, -0.05) is 0 Å². The van der Waals surface area contributed by atoms with Gasteiger partial charge in [0.2, 0.25) is 10.0 Å². The molecule has 2 aromatic heterocycles. The number of sulfonamides is 1. The predicted molar refractivity (Wildman–Crippen MR) is 118 cm³/mol. The molecule has 1 aromatic carbocycles. The molecule has 0 saturated carbocycles. The van der Waals surface area contributed by atoms with Crippen molar-refractivity contribution in [3.8, 4) is 0 Å². The number of hydrogen-bond donors (Lipinski definition) is 5. The van der Waals surface area contributed by atoms with E-state index in [-0.39, 0.29) is 22.9 Å². The Bertz CT molecular complexity index is 1270. The maximum Gasteiger partial charge on any atom is 0.303 e. The van der Waals surface area contributed by atoms with Crippen molar-refractivity contribution in [1.82, 2.24) is 20.0 Å². The van der Waals surface area contributed by atoms with Gasteiger partial charge in [0.1, 0.15) is 5.52 Å². The highest BCUT2D eigenvalue weighted by atomic mass is 32.2. The molecule has 0 aliphatic carbocycles. The molecule has 9 nitrogen and oxygen atoms in total. The molecule has 1 aliphatic rings. The van der Waals surface area contributed by atoms with Crippen LogP contribution in [0.3, 0.4) is 0 Å². The number of fused-ring (bicyclic) bond motifs is 3. The van der Waals surface area contributed by atoms with Crippen LogP contribution in [0.25, 0.3) is 21.8 Å². The second-order valence-electron chi connectivity index (χ2n) is 7.97. The van der Waals surface area contributed by atoms with Crippen molar-refractivity contribution in [2.75, 3.05) is 13.1 Å². The average molecular weight is 447 g/mol. The van der Waals surface area contributed by atoms with Crippen LogP contribution >= 0.6 is 0 Å².